The van der Waals surface area contributed by atoms with Crippen LogP contribution >= 0.6 is 15.9 Å². The van der Waals surface area contributed by atoms with Gasteiger partial charge in [-0.2, -0.15) is 5.26 Å². The second-order valence-corrected chi connectivity index (χ2v) is 5.89. The highest BCUT2D eigenvalue weighted by atomic mass is 79.9. The van der Waals surface area contributed by atoms with Gasteiger partial charge in [0, 0.05) is 5.33 Å². The van der Waals surface area contributed by atoms with Crippen molar-refractivity contribution in [1.82, 2.24) is 0 Å². The van der Waals surface area contributed by atoms with Gasteiger partial charge < -0.3 is 4.74 Å². The summed E-state index contributed by atoms with van der Waals surface area (Å²) < 4.78 is 6.25. The van der Waals surface area contributed by atoms with Crippen LogP contribution in [-0.2, 0) is 4.74 Å². The van der Waals surface area contributed by atoms with Gasteiger partial charge in [0.25, 0.3) is 0 Å². The van der Waals surface area contributed by atoms with E-state index in [9.17, 15) is 0 Å². The first-order valence-corrected chi connectivity index (χ1v) is 7.53. The fourth-order valence-corrected chi connectivity index (χ4v) is 3.50. The molecule has 2 fully saturated rings. The molecule has 1 spiro atoms. The van der Waals surface area contributed by atoms with Gasteiger partial charge in [-0.3, -0.25) is 0 Å². The first-order valence-electron chi connectivity index (χ1n) is 6.41. The molecule has 1 aliphatic heterocycles. The Kier molecular flexibility index (Phi) is 4.27. The molecule has 2 atom stereocenters. The van der Waals surface area contributed by atoms with Crippen LogP contribution in [0.1, 0.15) is 51.4 Å². The summed E-state index contributed by atoms with van der Waals surface area (Å²) in [5.41, 5.74) is 0.204. The second kappa shape index (κ2) is 5.51. The summed E-state index contributed by atoms with van der Waals surface area (Å²) >= 11 is 3.39. The van der Waals surface area contributed by atoms with Crippen molar-refractivity contribution in [3.8, 4) is 6.07 Å². The Hall–Kier alpha value is -0.0700. The maximum atomic E-state index is 8.95. The highest BCUT2D eigenvalue weighted by Crippen LogP contribution is 2.43. The molecule has 1 heterocycles. The number of hydrogen-bond acceptors (Lipinski definition) is 2. The molecule has 2 rings (SSSR count). The van der Waals surface area contributed by atoms with E-state index >= 15 is 0 Å². The molecule has 3 heteroatoms. The molecular formula is C13H20BrNO. The van der Waals surface area contributed by atoms with Gasteiger partial charge in [-0.15, -0.1) is 0 Å². The van der Waals surface area contributed by atoms with Crippen molar-refractivity contribution in [2.24, 2.45) is 5.92 Å². The van der Waals surface area contributed by atoms with Crippen LogP contribution in [0.15, 0.2) is 0 Å². The van der Waals surface area contributed by atoms with Gasteiger partial charge in [-0.05, 0) is 32.1 Å². The summed E-state index contributed by atoms with van der Waals surface area (Å²) in [5, 5.41) is 9.73. The summed E-state index contributed by atoms with van der Waals surface area (Å²) in [6, 6.07) is 2.34. The van der Waals surface area contributed by atoms with Gasteiger partial charge in [-0.1, -0.05) is 35.2 Å². The molecule has 16 heavy (non-hydrogen) atoms. The maximum absolute atomic E-state index is 8.95. The Labute approximate surface area is 106 Å². The lowest BCUT2D eigenvalue weighted by molar-refractivity contribution is -0.0675. The highest BCUT2D eigenvalue weighted by molar-refractivity contribution is 9.09. The molecule has 0 aromatic heterocycles. The zero-order chi connectivity index (χ0) is 11.4. The number of ether oxygens (including phenoxy) is 1. The SMILES string of the molecule is N#CC(CBr)CC1CCC2(CCCCC2)O1. The van der Waals surface area contributed by atoms with Gasteiger partial charge in [0.05, 0.1) is 23.7 Å². The largest absolute Gasteiger partial charge is 0.372 e. The summed E-state index contributed by atoms with van der Waals surface area (Å²) in [5.74, 6) is 0.115. The normalized spacial score (nSPS) is 30.1. The molecule has 0 N–H and O–H groups in total. The van der Waals surface area contributed by atoms with E-state index < -0.39 is 0 Å². The fraction of sp³-hybridized carbons (Fsp3) is 0.923. The van der Waals surface area contributed by atoms with E-state index in [0.717, 1.165) is 18.2 Å². The molecule has 1 saturated carbocycles. The van der Waals surface area contributed by atoms with Crippen LogP contribution in [0.4, 0.5) is 0 Å². The summed E-state index contributed by atoms with van der Waals surface area (Å²) in [7, 11) is 0. The second-order valence-electron chi connectivity index (χ2n) is 5.24. The van der Waals surface area contributed by atoms with Gasteiger partial charge >= 0.3 is 0 Å². The lowest BCUT2D eigenvalue weighted by Gasteiger charge is -2.33. The van der Waals surface area contributed by atoms with E-state index in [4.69, 9.17) is 10.00 Å². The Morgan fingerprint density at radius 2 is 2.06 bits per heavy atom. The number of rotatable bonds is 3. The summed E-state index contributed by atoms with van der Waals surface area (Å²) in [6.07, 6.45) is 10.1. The average molecular weight is 286 g/mol. The van der Waals surface area contributed by atoms with Crippen molar-refractivity contribution in [2.45, 2.75) is 63.1 Å². The lowest BCUT2D eigenvalue weighted by Crippen LogP contribution is -2.32. The van der Waals surface area contributed by atoms with Gasteiger partial charge in [0.2, 0.25) is 0 Å². The topological polar surface area (TPSA) is 33.0 Å². The van der Waals surface area contributed by atoms with Crippen molar-refractivity contribution in [3.63, 3.8) is 0 Å². The van der Waals surface area contributed by atoms with Crippen molar-refractivity contribution in [1.29, 1.82) is 5.26 Å². The molecule has 2 unspecified atom stereocenters. The third-order valence-electron chi connectivity index (χ3n) is 4.02. The molecule has 2 aliphatic rings. The van der Waals surface area contributed by atoms with E-state index in [1.165, 1.54) is 38.5 Å². The predicted octanol–water partition coefficient (Wildman–Crippen LogP) is 3.79. The molecule has 0 aromatic carbocycles. The zero-order valence-electron chi connectivity index (χ0n) is 9.75. The van der Waals surface area contributed by atoms with Crippen molar-refractivity contribution < 1.29 is 4.74 Å². The number of hydrogen-bond donors (Lipinski definition) is 0. The Morgan fingerprint density at radius 1 is 1.31 bits per heavy atom. The van der Waals surface area contributed by atoms with E-state index in [1.54, 1.807) is 0 Å². The minimum absolute atomic E-state index is 0.115. The number of nitriles is 1. The molecule has 0 amide bonds. The Morgan fingerprint density at radius 3 is 2.69 bits per heavy atom. The number of nitrogens with zero attached hydrogens (tertiary/aromatic N) is 1. The van der Waals surface area contributed by atoms with Crippen LogP contribution in [0.25, 0.3) is 0 Å². The molecule has 0 radical (unpaired) electrons. The number of halogens is 1. The first-order chi connectivity index (χ1) is 7.78. The zero-order valence-corrected chi connectivity index (χ0v) is 11.3. The Balaban J connectivity index is 1.85. The van der Waals surface area contributed by atoms with E-state index in [0.29, 0.717) is 6.10 Å². The predicted molar refractivity (Wildman–Crippen MR) is 67.4 cm³/mol. The average Bonchev–Trinajstić information content (AvgIpc) is 2.70. The van der Waals surface area contributed by atoms with Gasteiger partial charge in [0.1, 0.15) is 0 Å². The minimum atomic E-state index is 0.115. The van der Waals surface area contributed by atoms with Crippen molar-refractivity contribution in [2.75, 3.05) is 5.33 Å². The maximum Gasteiger partial charge on any atom is 0.0687 e. The monoisotopic (exact) mass is 285 g/mol. The summed E-state index contributed by atoms with van der Waals surface area (Å²) in [4.78, 5) is 0. The molecule has 0 aromatic rings. The molecule has 2 nitrogen and oxygen atoms in total. The molecular weight excluding hydrogens is 266 g/mol. The van der Waals surface area contributed by atoms with Crippen LogP contribution in [0.5, 0.6) is 0 Å². The number of alkyl halides is 1. The Bertz CT molecular complexity index is 268. The first kappa shape index (κ1) is 12.4. The van der Waals surface area contributed by atoms with Gasteiger partial charge in [0.15, 0.2) is 0 Å². The summed E-state index contributed by atoms with van der Waals surface area (Å²) in [6.45, 7) is 0. The third kappa shape index (κ3) is 2.78. The van der Waals surface area contributed by atoms with Crippen LogP contribution in [0.2, 0.25) is 0 Å². The van der Waals surface area contributed by atoms with Crippen LogP contribution in [0.3, 0.4) is 0 Å². The van der Waals surface area contributed by atoms with Crippen LogP contribution in [-0.4, -0.2) is 17.0 Å². The molecule has 0 bridgehead atoms. The fourth-order valence-electron chi connectivity index (χ4n) is 3.09. The van der Waals surface area contributed by atoms with Crippen molar-refractivity contribution in [3.05, 3.63) is 0 Å². The minimum Gasteiger partial charge on any atom is -0.372 e. The molecule has 90 valence electrons. The van der Waals surface area contributed by atoms with Crippen LogP contribution in [0, 0.1) is 17.2 Å². The smallest absolute Gasteiger partial charge is 0.0687 e. The van der Waals surface area contributed by atoms with Crippen LogP contribution < -0.4 is 0 Å². The van der Waals surface area contributed by atoms with Crippen molar-refractivity contribution >= 4 is 15.9 Å². The van der Waals surface area contributed by atoms with E-state index in [2.05, 4.69) is 22.0 Å². The lowest BCUT2D eigenvalue weighted by atomic mass is 9.83. The van der Waals surface area contributed by atoms with E-state index in [-0.39, 0.29) is 11.5 Å². The third-order valence-corrected chi connectivity index (χ3v) is 4.80. The van der Waals surface area contributed by atoms with E-state index in [1.807, 2.05) is 0 Å². The molecule has 1 saturated heterocycles. The quantitative estimate of drug-likeness (QED) is 0.739. The highest BCUT2D eigenvalue weighted by Gasteiger charge is 2.41. The standard InChI is InChI=1S/C13H20BrNO/c14-9-11(10-15)8-12-4-7-13(16-12)5-2-1-3-6-13/h11-12H,1-9H2. The van der Waals surface area contributed by atoms with Gasteiger partial charge in [-0.25, -0.2) is 0 Å². The molecule has 1 aliphatic carbocycles.